The molecule has 0 radical (unpaired) electrons. The molecule has 0 heterocycles. The first kappa shape index (κ1) is 26.1. The van der Waals surface area contributed by atoms with E-state index in [2.05, 4.69) is 17.6 Å². The highest BCUT2D eigenvalue weighted by atomic mass is 16.5. The first-order chi connectivity index (χ1) is 15.9. The maximum absolute atomic E-state index is 12.4. The van der Waals surface area contributed by atoms with Gasteiger partial charge in [-0.2, -0.15) is 0 Å². The SMILES string of the molecule is CCCCCOc1ccc(C(=O)CCC(=O)NCc2cccc(NC(=O)CN(C)C)c2)cc1. The number of nitrogens with one attached hydrogen (secondary N) is 2. The van der Waals surface area contributed by atoms with Gasteiger partial charge in [0.25, 0.3) is 0 Å². The van der Waals surface area contributed by atoms with Crippen molar-refractivity contribution in [2.24, 2.45) is 0 Å². The molecule has 0 fully saturated rings. The van der Waals surface area contributed by atoms with Gasteiger partial charge in [-0.1, -0.05) is 31.9 Å². The fourth-order valence-electron chi connectivity index (χ4n) is 3.19. The van der Waals surface area contributed by atoms with E-state index in [-0.39, 0.29) is 30.4 Å². The number of unbranched alkanes of at least 4 members (excludes halogenated alkanes) is 2. The molecule has 0 aliphatic rings. The summed E-state index contributed by atoms with van der Waals surface area (Å²) in [6, 6.07) is 14.4. The highest BCUT2D eigenvalue weighted by molar-refractivity contribution is 5.98. The van der Waals surface area contributed by atoms with Crippen LogP contribution in [0, 0.1) is 0 Å². The lowest BCUT2D eigenvalue weighted by molar-refractivity contribution is -0.121. The van der Waals surface area contributed by atoms with E-state index >= 15 is 0 Å². The van der Waals surface area contributed by atoms with Crippen molar-refractivity contribution < 1.29 is 19.1 Å². The zero-order valence-electron chi connectivity index (χ0n) is 19.9. The van der Waals surface area contributed by atoms with Gasteiger partial charge in [0.05, 0.1) is 13.2 Å². The second-order valence-electron chi connectivity index (χ2n) is 8.27. The third-order valence-electron chi connectivity index (χ3n) is 4.93. The van der Waals surface area contributed by atoms with Gasteiger partial charge in [-0.15, -0.1) is 0 Å². The first-order valence-electron chi connectivity index (χ1n) is 11.4. The summed E-state index contributed by atoms with van der Waals surface area (Å²) in [5.74, 6) is 0.380. The Labute approximate surface area is 196 Å². The summed E-state index contributed by atoms with van der Waals surface area (Å²) in [4.78, 5) is 38.3. The largest absolute Gasteiger partial charge is 0.494 e. The number of anilines is 1. The third-order valence-corrected chi connectivity index (χ3v) is 4.93. The summed E-state index contributed by atoms with van der Waals surface area (Å²) in [5.41, 5.74) is 2.12. The predicted octanol–water partition coefficient (Wildman–Crippen LogP) is 4.04. The molecule has 0 atom stereocenters. The van der Waals surface area contributed by atoms with Crippen molar-refractivity contribution in [3.05, 3.63) is 59.7 Å². The maximum Gasteiger partial charge on any atom is 0.238 e. The zero-order chi connectivity index (χ0) is 24.1. The number of ether oxygens (including phenoxy) is 1. The third kappa shape index (κ3) is 10.3. The fraction of sp³-hybridized carbons (Fsp3) is 0.423. The molecule has 0 bridgehead atoms. The smallest absolute Gasteiger partial charge is 0.238 e. The van der Waals surface area contributed by atoms with Crippen molar-refractivity contribution in [2.45, 2.75) is 45.6 Å². The van der Waals surface area contributed by atoms with E-state index in [0.29, 0.717) is 30.9 Å². The molecule has 2 aromatic carbocycles. The molecule has 0 aromatic heterocycles. The van der Waals surface area contributed by atoms with Gasteiger partial charge in [0.2, 0.25) is 11.8 Å². The van der Waals surface area contributed by atoms with Crippen LogP contribution in [0.15, 0.2) is 48.5 Å². The van der Waals surface area contributed by atoms with Crippen molar-refractivity contribution in [2.75, 3.05) is 32.6 Å². The van der Waals surface area contributed by atoms with Crippen molar-refractivity contribution in [1.82, 2.24) is 10.2 Å². The van der Waals surface area contributed by atoms with Crippen LogP contribution in [0.5, 0.6) is 5.75 Å². The topological polar surface area (TPSA) is 87.7 Å². The van der Waals surface area contributed by atoms with Gasteiger partial charge in [0.15, 0.2) is 5.78 Å². The van der Waals surface area contributed by atoms with Crippen LogP contribution in [0.3, 0.4) is 0 Å². The van der Waals surface area contributed by atoms with E-state index in [1.54, 1.807) is 35.2 Å². The molecule has 0 aliphatic heterocycles. The van der Waals surface area contributed by atoms with Crippen LogP contribution >= 0.6 is 0 Å². The Morgan fingerprint density at radius 1 is 0.939 bits per heavy atom. The highest BCUT2D eigenvalue weighted by Gasteiger charge is 2.10. The van der Waals surface area contributed by atoms with E-state index in [9.17, 15) is 14.4 Å². The fourth-order valence-corrected chi connectivity index (χ4v) is 3.19. The van der Waals surface area contributed by atoms with Gasteiger partial charge in [0, 0.05) is 30.6 Å². The van der Waals surface area contributed by atoms with E-state index in [4.69, 9.17) is 4.74 Å². The second-order valence-corrected chi connectivity index (χ2v) is 8.27. The number of likely N-dealkylation sites (N-methyl/N-ethyl adjacent to an activating group) is 1. The van der Waals surface area contributed by atoms with Crippen molar-refractivity contribution >= 4 is 23.3 Å². The standard InChI is InChI=1S/C26H35N3O4/c1-4-5-6-16-33-23-12-10-21(11-13-23)24(30)14-15-25(31)27-18-20-8-7-9-22(17-20)28-26(32)19-29(2)3/h7-13,17H,4-6,14-16,18-19H2,1-3H3,(H,27,31)(H,28,32). The molecule has 0 unspecified atom stereocenters. The summed E-state index contributed by atoms with van der Waals surface area (Å²) in [7, 11) is 3.66. The zero-order valence-corrected chi connectivity index (χ0v) is 19.9. The average Bonchev–Trinajstić information content (AvgIpc) is 2.79. The van der Waals surface area contributed by atoms with Crippen LogP contribution < -0.4 is 15.4 Å². The number of ketones is 1. The Hall–Kier alpha value is -3.19. The summed E-state index contributed by atoms with van der Waals surface area (Å²) in [6.45, 7) is 3.44. The summed E-state index contributed by atoms with van der Waals surface area (Å²) in [6.07, 6.45) is 3.56. The van der Waals surface area contributed by atoms with Crippen LogP contribution in [0.4, 0.5) is 5.69 Å². The Balaban J connectivity index is 1.74. The molecule has 33 heavy (non-hydrogen) atoms. The Kier molecular flexibility index (Phi) is 11.1. The van der Waals surface area contributed by atoms with Crippen LogP contribution in [0.2, 0.25) is 0 Å². The van der Waals surface area contributed by atoms with Crippen LogP contribution in [0.25, 0.3) is 0 Å². The van der Waals surface area contributed by atoms with Gasteiger partial charge in [-0.3, -0.25) is 14.4 Å². The molecule has 178 valence electrons. The predicted molar refractivity (Wildman–Crippen MR) is 130 cm³/mol. The lowest BCUT2D eigenvalue weighted by Crippen LogP contribution is -2.27. The number of carbonyl (C=O) groups is 3. The normalized spacial score (nSPS) is 10.7. The molecule has 2 aromatic rings. The minimum atomic E-state index is -0.193. The molecule has 2 N–H and O–H groups in total. The van der Waals surface area contributed by atoms with Gasteiger partial charge < -0.3 is 20.3 Å². The highest BCUT2D eigenvalue weighted by Crippen LogP contribution is 2.15. The molecule has 0 aliphatic carbocycles. The molecule has 0 saturated heterocycles. The van der Waals surface area contributed by atoms with Crippen molar-refractivity contribution in [3.8, 4) is 5.75 Å². The van der Waals surface area contributed by atoms with Crippen LogP contribution in [-0.4, -0.2) is 49.7 Å². The molecule has 2 amide bonds. The lowest BCUT2D eigenvalue weighted by Gasteiger charge is -2.11. The maximum atomic E-state index is 12.4. The minimum Gasteiger partial charge on any atom is -0.494 e. The van der Waals surface area contributed by atoms with E-state index < -0.39 is 0 Å². The number of hydrogen-bond acceptors (Lipinski definition) is 5. The molecule has 0 saturated carbocycles. The van der Waals surface area contributed by atoms with E-state index in [1.165, 1.54) is 0 Å². The van der Waals surface area contributed by atoms with Gasteiger partial charge in [0.1, 0.15) is 5.75 Å². The Morgan fingerprint density at radius 2 is 1.70 bits per heavy atom. The number of benzene rings is 2. The quantitative estimate of drug-likeness (QED) is 0.333. The van der Waals surface area contributed by atoms with Crippen molar-refractivity contribution in [1.29, 1.82) is 0 Å². The number of nitrogens with zero attached hydrogens (tertiary/aromatic N) is 1. The Morgan fingerprint density at radius 3 is 2.39 bits per heavy atom. The number of amides is 2. The van der Waals surface area contributed by atoms with E-state index in [0.717, 1.165) is 30.6 Å². The van der Waals surface area contributed by atoms with Gasteiger partial charge in [-0.05, 0) is 62.5 Å². The molecule has 2 rings (SSSR count). The lowest BCUT2D eigenvalue weighted by atomic mass is 10.1. The first-order valence-corrected chi connectivity index (χ1v) is 11.4. The summed E-state index contributed by atoms with van der Waals surface area (Å²) >= 11 is 0. The van der Waals surface area contributed by atoms with E-state index in [1.807, 2.05) is 32.3 Å². The van der Waals surface area contributed by atoms with Crippen LogP contribution in [0.1, 0.15) is 54.9 Å². The number of hydrogen-bond donors (Lipinski definition) is 2. The monoisotopic (exact) mass is 453 g/mol. The minimum absolute atomic E-state index is 0.0757. The molecule has 7 nitrogen and oxygen atoms in total. The van der Waals surface area contributed by atoms with Crippen molar-refractivity contribution in [3.63, 3.8) is 0 Å². The number of rotatable bonds is 14. The molecule has 0 spiro atoms. The van der Waals surface area contributed by atoms with Crippen LogP contribution in [-0.2, 0) is 16.1 Å². The number of carbonyl (C=O) groups excluding carboxylic acids is 3. The van der Waals surface area contributed by atoms with Gasteiger partial charge in [-0.25, -0.2) is 0 Å². The summed E-state index contributed by atoms with van der Waals surface area (Å²) in [5, 5.41) is 5.66. The summed E-state index contributed by atoms with van der Waals surface area (Å²) < 4.78 is 5.66. The molecular weight excluding hydrogens is 418 g/mol. The molecule has 7 heteroatoms. The average molecular weight is 454 g/mol. The van der Waals surface area contributed by atoms with Gasteiger partial charge >= 0.3 is 0 Å². The molecular formula is C26H35N3O4. The second kappa shape index (κ2) is 14.1. The Bertz CT molecular complexity index is 910. The number of Topliss-reactive ketones (excluding diaryl/α,β-unsaturated/α-hetero) is 1.